The van der Waals surface area contributed by atoms with Gasteiger partial charge in [-0.2, -0.15) is 26.3 Å². The van der Waals surface area contributed by atoms with Crippen molar-refractivity contribution < 1.29 is 53.6 Å². The van der Waals surface area contributed by atoms with Crippen LogP contribution in [0.1, 0.15) is 84.0 Å². The number of ether oxygens (including phenoxy) is 1. The smallest absolute Gasteiger partial charge is 0.426 e. The normalized spacial score (nSPS) is 21.2. The summed E-state index contributed by atoms with van der Waals surface area (Å²) in [5.41, 5.74) is 0. The summed E-state index contributed by atoms with van der Waals surface area (Å²) in [6.07, 6.45) is 0.328. The molecular weight excluding hydrogens is 598 g/mol. The third-order valence-corrected chi connectivity index (χ3v) is 12.0. The van der Waals surface area contributed by atoms with Crippen LogP contribution in [0.3, 0.4) is 0 Å². The van der Waals surface area contributed by atoms with Crippen molar-refractivity contribution in [2.75, 3.05) is 18.7 Å². The lowest BCUT2D eigenvalue weighted by Crippen LogP contribution is -2.67. The molecule has 0 amide bonds. The fraction of sp³-hybridized carbons (Fsp3) is 0.917. The van der Waals surface area contributed by atoms with Crippen LogP contribution >= 0.6 is 11.6 Å². The van der Waals surface area contributed by atoms with E-state index in [1.165, 1.54) is 38.5 Å². The van der Waals surface area contributed by atoms with Crippen LogP contribution in [0, 0.1) is 5.92 Å². The quantitative estimate of drug-likeness (QED) is 0.0684. The van der Waals surface area contributed by atoms with Crippen LogP contribution in [0.2, 0.25) is 0 Å². The molecular formula is C24H37ClF6O6S2. The Hall–Kier alpha value is -0.730. The summed E-state index contributed by atoms with van der Waals surface area (Å²) >= 11 is 5.60. The first-order chi connectivity index (χ1) is 18.0. The molecule has 0 N–H and O–H groups in total. The largest absolute Gasteiger partial charge is 0.747 e. The first-order valence-electron chi connectivity index (χ1n) is 12.9. The summed E-state index contributed by atoms with van der Waals surface area (Å²) in [5.74, 6) is -2.25. The minimum Gasteiger partial charge on any atom is -0.747 e. The minimum absolute atomic E-state index is 0.0730. The predicted molar refractivity (Wildman–Crippen MR) is 137 cm³/mol. The van der Waals surface area contributed by atoms with Crippen molar-refractivity contribution >= 4 is 44.4 Å². The number of hydrogen-bond acceptors (Lipinski definition) is 6. The summed E-state index contributed by atoms with van der Waals surface area (Å²) < 4.78 is 107. The molecule has 0 bridgehead atoms. The highest BCUT2D eigenvalue weighted by Gasteiger charge is 2.81. The SMILES string of the molecule is CCC(CCl)CCCCOC(=O)C(C(F)(F)F)(C(F)(F)F)S(=O)(=O)[O-].C[S+](C1CCCC1)C1CCCCC1=O. The molecule has 2 saturated carbocycles. The number of esters is 1. The van der Waals surface area contributed by atoms with E-state index in [9.17, 15) is 48.9 Å². The van der Waals surface area contributed by atoms with Crippen molar-refractivity contribution in [1.29, 1.82) is 0 Å². The summed E-state index contributed by atoms with van der Waals surface area (Å²) in [6, 6.07) is 0. The molecule has 0 heterocycles. The van der Waals surface area contributed by atoms with Gasteiger partial charge in [-0.15, -0.1) is 11.6 Å². The number of rotatable bonds is 11. The van der Waals surface area contributed by atoms with E-state index in [2.05, 4.69) is 11.0 Å². The molecule has 0 aliphatic heterocycles. The van der Waals surface area contributed by atoms with Crippen molar-refractivity contribution in [3.8, 4) is 0 Å². The van der Waals surface area contributed by atoms with Crippen LogP contribution in [0.4, 0.5) is 26.3 Å². The van der Waals surface area contributed by atoms with Crippen LogP contribution in [0.5, 0.6) is 0 Å². The molecule has 0 saturated heterocycles. The fourth-order valence-electron chi connectivity index (χ4n) is 4.81. The minimum atomic E-state index is -7.20. The van der Waals surface area contributed by atoms with E-state index in [0.717, 1.165) is 18.1 Å². The van der Waals surface area contributed by atoms with Gasteiger partial charge in [-0.05, 0) is 74.6 Å². The molecule has 0 aromatic heterocycles. The summed E-state index contributed by atoms with van der Waals surface area (Å²) in [7, 11) is -6.81. The molecule has 0 aromatic carbocycles. The monoisotopic (exact) mass is 634 g/mol. The van der Waals surface area contributed by atoms with Gasteiger partial charge in [0.15, 0.2) is 11.0 Å². The highest BCUT2D eigenvalue weighted by molar-refractivity contribution is 7.98. The number of Topliss-reactive ketones (excluding diaryl/α,β-unsaturated/α-hetero) is 1. The third kappa shape index (κ3) is 9.39. The van der Waals surface area contributed by atoms with E-state index >= 15 is 0 Å². The molecule has 2 rings (SSSR count). The zero-order valence-corrected chi connectivity index (χ0v) is 24.4. The molecule has 230 valence electrons. The molecule has 3 unspecified atom stereocenters. The second-order valence-electron chi connectivity index (χ2n) is 9.91. The zero-order chi connectivity index (χ0) is 30.1. The van der Waals surface area contributed by atoms with Crippen LogP contribution in [-0.2, 0) is 35.3 Å². The molecule has 0 spiro atoms. The van der Waals surface area contributed by atoms with E-state index in [4.69, 9.17) is 11.6 Å². The first kappa shape index (κ1) is 36.3. The molecule has 39 heavy (non-hydrogen) atoms. The number of alkyl halides is 7. The maximum atomic E-state index is 12.8. The van der Waals surface area contributed by atoms with Crippen LogP contribution in [0.15, 0.2) is 0 Å². The molecule has 0 radical (unpaired) electrons. The lowest BCUT2D eigenvalue weighted by molar-refractivity contribution is -0.268. The van der Waals surface area contributed by atoms with Crippen molar-refractivity contribution in [2.45, 2.75) is 112 Å². The lowest BCUT2D eigenvalue weighted by atomic mass is 9.99. The van der Waals surface area contributed by atoms with Crippen molar-refractivity contribution in [2.24, 2.45) is 5.92 Å². The number of ketones is 1. The molecule has 2 fully saturated rings. The maximum Gasteiger partial charge on any atom is 0.426 e. The van der Waals surface area contributed by atoms with Gasteiger partial charge in [0.2, 0.25) is 0 Å². The Morgan fingerprint density at radius 3 is 2.03 bits per heavy atom. The number of hydrogen-bond donors (Lipinski definition) is 0. The Bertz CT molecular complexity index is 873. The summed E-state index contributed by atoms with van der Waals surface area (Å²) in [5, 5.41) is 1.34. The van der Waals surface area contributed by atoms with E-state index in [-0.39, 0.29) is 18.8 Å². The number of carbonyl (C=O) groups is 2. The Kier molecular flexibility index (Phi) is 14.4. The number of unbranched alkanes of at least 4 members (excludes halogenated alkanes) is 1. The van der Waals surface area contributed by atoms with Gasteiger partial charge in [-0.1, -0.05) is 13.3 Å². The molecule has 3 atom stereocenters. The molecule has 2 aliphatic rings. The molecule has 6 nitrogen and oxygen atoms in total. The average molecular weight is 635 g/mol. The van der Waals surface area contributed by atoms with E-state index in [1.807, 2.05) is 6.92 Å². The van der Waals surface area contributed by atoms with Gasteiger partial charge in [-0.3, -0.25) is 4.79 Å². The van der Waals surface area contributed by atoms with Crippen molar-refractivity contribution in [1.82, 2.24) is 0 Å². The van der Waals surface area contributed by atoms with E-state index in [0.29, 0.717) is 40.6 Å². The first-order valence-corrected chi connectivity index (χ1v) is 16.6. The van der Waals surface area contributed by atoms with Gasteiger partial charge in [0.05, 0.1) is 12.9 Å². The van der Waals surface area contributed by atoms with Gasteiger partial charge in [-0.25, -0.2) is 13.2 Å². The summed E-state index contributed by atoms with van der Waals surface area (Å²) in [4.78, 5) is 23.2. The number of halogens is 7. The Labute approximate surface area is 234 Å². The second-order valence-corrected chi connectivity index (χ2v) is 14.2. The fourth-order valence-corrected chi connectivity index (χ4v) is 8.62. The third-order valence-electron chi connectivity index (χ3n) is 7.27. The molecule has 0 aromatic rings. The Morgan fingerprint density at radius 2 is 1.59 bits per heavy atom. The van der Waals surface area contributed by atoms with Crippen LogP contribution in [-0.4, -0.2) is 71.1 Å². The maximum absolute atomic E-state index is 12.8. The Balaban J connectivity index is 0.000000451. The molecule has 2 aliphatic carbocycles. The predicted octanol–water partition coefficient (Wildman–Crippen LogP) is 6.06. The topological polar surface area (TPSA) is 101 Å². The number of carbonyl (C=O) groups excluding carboxylic acids is 2. The van der Waals surface area contributed by atoms with Gasteiger partial charge >= 0.3 is 23.1 Å². The van der Waals surface area contributed by atoms with Crippen LogP contribution in [0.25, 0.3) is 0 Å². The molecule has 15 heteroatoms. The van der Waals surface area contributed by atoms with Crippen LogP contribution < -0.4 is 0 Å². The van der Waals surface area contributed by atoms with Gasteiger partial charge in [0.25, 0.3) is 0 Å². The van der Waals surface area contributed by atoms with E-state index < -0.39 is 39.8 Å². The standard InChI is InChI=1S/C12H17ClF6O5S.C12H21OS/c1-2-8(7-13)5-3-4-6-24-9(20)10(11(14,15)16,12(17,18)19)25(21,22)23;1-14(10-6-2-3-7-10)12-9-5-4-8-11(12)13/h8H,2-7H2,1H3,(H,21,22,23);10,12H,2-9H2,1H3/q;+1/p-1. The Morgan fingerprint density at radius 1 is 1.05 bits per heavy atom. The summed E-state index contributed by atoms with van der Waals surface area (Å²) in [6.45, 7) is 0.925. The van der Waals surface area contributed by atoms with Crippen molar-refractivity contribution in [3.63, 3.8) is 0 Å². The zero-order valence-electron chi connectivity index (χ0n) is 22.0. The highest BCUT2D eigenvalue weighted by Crippen LogP contribution is 2.49. The lowest BCUT2D eigenvalue weighted by Gasteiger charge is -2.36. The second kappa shape index (κ2) is 15.5. The van der Waals surface area contributed by atoms with E-state index in [1.54, 1.807) is 0 Å². The van der Waals surface area contributed by atoms with Gasteiger partial charge in [0.1, 0.15) is 15.4 Å². The van der Waals surface area contributed by atoms with Gasteiger partial charge < -0.3 is 9.29 Å². The average Bonchev–Trinajstić information content (AvgIpc) is 3.34. The van der Waals surface area contributed by atoms with Crippen molar-refractivity contribution in [3.05, 3.63) is 0 Å². The highest BCUT2D eigenvalue weighted by atomic mass is 35.5. The van der Waals surface area contributed by atoms with Gasteiger partial charge in [0, 0.05) is 18.7 Å².